The molecule has 5 rings (SSSR count). The maximum atomic E-state index is 7.00. The van der Waals surface area contributed by atoms with E-state index in [1.54, 1.807) is 0 Å². The van der Waals surface area contributed by atoms with E-state index in [1.807, 2.05) is 115 Å². The first-order chi connectivity index (χ1) is 18.0. The maximum absolute atomic E-state index is 7.00. The van der Waals surface area contributed by atoms with Gasteiger partial charge in [0.1, 0.15) is 23.0 Å². The number of para-hydroxylation sites is 2. The fourth-order valence-electron chi connectivity index (χ4n) is 4.10. The van der Waals surface area contributed by atoms with Gasteiger partial charge in [0.2, 0.25) is 0 Å². The summed E-state index contributed by atoms with van der Waals surface area (Å²) in [6.07, 6.45) is 0. The first-order valence-electron chi connectivity index (χ1n) is 12.2. The largest absolute Gasteiger partial charge is 0.535 e. The lowest BCUT2D eigenvalue weighted by molar-refractivity contribution is 0.411. The summed E-state index contributed by atoms with van der Waals surface area (Å²) in [7, 11) is -3.47. The Labute approximate surface area is 225 Å². The number of rotatable bonds is 8. The quantitative estimate of drug-likeness (QED) is 0.175. The van der Waals surface area contributed by atoms with Crippen LogP contribution in [0.5, 0.6) is 23.0 Å². The molecule has 184 valence electrons. The number of thiol groups is 1. The molecule has 0 aliphatic heterocycles. The smallest absolute Gasteiger partial charge is 0.506 e. The van der Waals surface area contributed by atoms with E-state index in [-0.39, 0.29) is 0 Å². The van der Waals surface area contributed by atoms with E-state index < -0.39 is 8.56 Å². The molecule has 0 saturated carbocycles. The SMILES string of the molecule is Cc1ccc(O[Si](Oc2ccc(C)cc2)(c2ccccc2)c2cccc(S)c2Oc2ccccc2)cc1. The van der Waals surface area contributed by atoms with Crippen LogP contribution in [0.15, 0.2) is 132 Å². The predicted molar refractivity (Wildman–Crippen MR) is 155 cm³/mol. The van der Waals surface area contributed by atoms with E-state index in [1.165, 1.54) is 0 Å². The number of aryl methyl sites for hydroxylation is 2. The van der Waals surface area contributed by atoms with Crippen molar-refractivity contribution in [3.8, 4) is 23.0 Å². The molecular weight excluding hydrogens is 493 g/mol. The molecule has 0 heterocycles. The van der Waals surface area contributed by atoms with Crippen LogP contribution in [0.1, 0.15) is 11.1 Å². The first kappa shape index (κ1) is 24.7. The molecule has 0 saturated heterocycles. The highest BCUT2D eigenvalue weighted by Gasteiger charge is 2.50. The number of benzene rings is 5. The van der Waals surface area contributed by atoms with Crippen molar-refractivity contribution in [1.82, 2.24) is 0 Å². The zero-order chi connectivity index (χ0) is 25.7. The van der Waals surface area contributed by atoms with Crippen LogP contribution in [0.3, 0.4) is 0 Å². The van der Waals surface area contributed by atoms with Gasteiger partial charge in [-0.15, -0.1) is 12.6 Å². The Hall–Kier alpha value is -3.93. The van der Waals surface area contributed by atoms with Crippen molar-refractivity contribution >= 4 is 31.6 Å². The Balaban J connectivity index is 1.75. The van der Waals surface area contributed by atoms with E-state index in [0.29, 0.717) is 16.4 Å². The normalized spacial score (nSPS) is 11.1. The van der Waals surface area contributed by atoms with Gasteiger partial charge in [0.05, 0.1) is 5.19 Å². The summed E-state index contributed by atoms with van der Waals surface area (Å²) in [5, 5.41) is 1.78. The molecule has 5 aromatic carbocycles. The molecule has 0 unspecified atom stereocenters. The molecular formula is C32H28O3SSi. The molecule has 0 radical (unpaired) electrons. The predicted octanol–water partition coefficient (Wildman–Crippen LogP) is 7.10. The molecule has 0 aromatic heterocycles. The molecule has 0 aliphatic rings. The van der Waals surface area contributed by atoms with Crippen molar-refractivity contribution in [3.63, 3.8) is 0 Å². The van der Waals surface area contributed by atoms with Crippen molar-refractivity contribution in [2.75, 3.05) is 0 Å². The molecule has 0 fully saturated rings. The minimum Gasteiger partial charge on any atom is -0.506 e. The van der Waals surface area contributed by atoms with Crippen LogP contribution < -0.4 is 24.0 Å². The minimum absolute atomic E-state index is 0.617. The topological polar surface area (TPSA) is 27.7 Å². The van der Waals surface area contributed by atoms with Gasteiger partial charge in [0.25, 0.3) is 0 Å². The van der Waals surface area contributed by atoms with Crippen molar-refractivity contribution in [1.29, 1.82) is 0 Å². The maximum Gasteiger partial charge on any atom is 0.535 e. The van der Waals surface area contributed by atoms with Gasteiger partial charge in [-0.3, -0.25) is 0 Å². The Kier molecular flexibility index (Phi) is 7.35. The second-order valence-electron chi connectivity index (χ2n) is 8.88. The zero-order valence-corrected chi connectivity index (χ0v) is 22.7. The summed E-state index contributed by atoms with van der Waals surface area (Å²) in [6, 6.07) is 41.9. The summed E-state index contributed by atoms with van der Waals surface area (Å²) in [4.78, 5) is 0.703. The highest BCUT2D eigenvalue weighted by atomic mass is 32.1. The van der Waals surface area contributed by atoms with Crippen molar-refractivity contribution in [2.24, 2.45) is 0 Å². The number of hydrogen-bond acceptors (Lipinski definition) is 4. The van der Waals surface area contributed by atoms with Gasteiger partial charge in [-0.2, -0.15) is 0 Å². The van der Waals surface area contributed by atoms with Gasteiger partial charge >= 0.3 is 8.56 Å². The molecule has 0 bridgehead atoms. The van der Waals surface area contributed by atoms with Gasteiger partial charge in [0, 0.05) is 10.1 Å². The van der Waals surface area contributed by atoms with Crippen LogP contribution >= 0.6 is 12.6 Å². The standard InChI is InChI=1S/C32H28O3SSi/c1-24-16-20-27(21-17-24)34-37(29-12-7-4-8-13-29,35-28-22-18-25(2)19-23-28)31-15-9-14-30(36)32(31)33-26-10-5-3-6-11-26/h3-23,36H,1-2H3. The highest BCUT2D eigenvalue weighted by Crippen LogP contribution is 2.31. The molecule has 0 amide bonds. The Morgan fingerprint density at radius 3 is 1.57 bits per heavy atom. The lowest BCUT2D eigenvalue weighted by Gasteiger charge is -2.33. The monoisotopic (exact) mass is 520 g/mol. The second-order valence-corrected chi connectivity index (χ2v) is 12.1. The first-order valence-corrected chi connectivity index (χ1v) is 14.4. The lowest BCUT2D eigenvalue weighted by atomic mass is 10.2. The zero-order valence-electron chi connectivity index (χ0n) is 20.8. The lowest BCUT2D eigenvalue weighted by Crippen LogP contribution is -2.68. The number of ether oxygens (including phenoxy) is 1. The van der Waals surface area contributed by atoms with E-state index in [4.69, 9.17) is 26.2 Å². The average Bonchev–Trinajstić information content (AvgIpc) is 2.93. The Morgan fingerprint density at radius 2 is 1.03 bits per heavy atom. The summed E-state index contributed by atoms with van der Waals surface area (Å²) < 4.78 is 20.5. The fraction of sp³-hybridized carbons (Fsp3) is 0.0625. The highest BCUT2D eigenvalue weighted by molar-refractivity contribution is 7.80. The molecule has 0 aliphatic carbocycles. The summed E-state index contributed by atoms with van der Waals surface area (Å²) in [5.41, 5.74) is 2.31. The number of hydrogen-bond donors (Lipinski definition) is 1. The summed E-state index contributed by atoms with van der Waals surface area (Å²) >= 11 is 4.81. The third-order valence-electron chi connectivity index (χ3n) is 6.03. The third-order valence-corrected chi connectivity index (χ3v) is 9.63. The fourth-order valence-corrected chi connectivity index (χ4v) is 7.64. The third kappa shape index (κ3) is 5.58. The van der Waals surface area contributed by atoms with Crippen LogP contribution in [-0.4, -0.2) is 8.56 Å². The van der Waals surface area contributed by atoms with Gasteiger partial charge in [-0.05, 0) is 56.3 Å². The van der Waals surface area contributed by atoms with Crippen LogP contribution in [0.2, 0.25) is 0 Å². The van der Waals surface area contributed by atoms with Crippen LogP contribution in [-0.2, 0) is 0 Å². The second kappa shape index (κ2) is 11.0. The molecule has 0 atom stereocenters. The van der Waals surface area contributed by atoms with E-state index in [0.717, 1.165) is 33.0 Å². The average molecular weight is 521 g/mol. The van der Waals surface area contributed by atoms with Gasteiger partial charge in [-0.1, -0.05) is 96.1 Å². The molecule has 3 nitrogen and oxygen atoms in total. The van der Waals surface area contributed by atoms with Crippen molar-refractivity contribution in [3.05, 3.63) is 139 Å². The summed E-state index contributed by atoms with van der Waals surface area (Å²) in [6.45, 7) is 4.12. The Morgan fingerprint density at radius 1 is 0.514 bits per heavy atom. The van der Waals surface area contributed by atoms with Crippen LogP contribution in [0.4, 0.5) is 0 Å². The van der Waals surface area contributed by atoms with E-state index in [9.17, 15) is 0 Å². The minimum atomic E-state index is -3.47. The van der Waals surface area contributed by atoms with Crippen molar-refractivity contribution in [2.45, 2.75) is 18.7 Å². The molecule has 37 heavy (non-hydrogen) atoms. The van der Waals surface area contributed by atoms with Crippen LogP contribution in [0.25, 0.3) is 0 Å². The van der Waals surface area contributed by atoms with Crippen molar-refractivity contribution < 1.29 is 13.6 Å². The van der Waals surface area contributed by atoms with E-state index >= 15 is 0 Å². The molecule has 0 spiro atoms. The van der Waals surface area contributed by atoms with Gasteiger partial charge in [0.15, 0.2) is 0 Å². The van der Waals surface area contributed by atoms with E-state index in [2.05, 4.69) is 26.0 Å². The Bertz CT molecular complexity index is 1410. The molecule has 5 aromatic rings. The summed E-state index contributed by atoms with van der Waals surface area (Å²) in [5.74, 6) is 2.78. The van der Waals surface area contributed by atoms with Gasteiger partial charge in [-0.25, -0.2) is 0 Å². The van der Waals surface area contributed by atoms with Crippen LogP contribution in [0, 0.1) is 13.8 Å². The van der Waals surface area contributed by atoms with Gasteiger partial charge < -0.3 is 13.6 Å². The molecule has 5 heteroatoms. The molecule has 0 N–H and O–H groups in total.